The number of hydrogen-bond acceptors (Lipinski definition) is 5. The Hall–Kier alpha value is -1.30. The van der Waals surface area contributed by atoms with Gasteiger partial charge in [0.05, 0.1) is 0 Å². The van der Waals surface area contributed by atoms with Crippen molar-refractivity contribution in [1.82, 2.24) is 9.80 Å². The molecule has 0 aromatic heterocycles. The highest BCUT2D eigenvalue weighted by Gasteiger charge is 2.12. The third kappa shape index (κ3) is 7.90. The fraction of sp³-hybridized carbons (Fsp3) is 0.625. The molecular formula is C16H29N3O2. The molecule has 0 aliphatic heterocycles. The second kappa shape index (κ2) is 9.60. The van der Waals surface area contributed by atoms with Gasteiger partial charge >= 0.3 is 0 Å². The van der Waals surface area contributed by atoms with Crippen LogP contribution in [-0.4, -0.2) is 67.9 Å². The normalized spacial score (nSPS) is 12.9. The maximum atomic E-state index is 10.1. The molecule has 0 fully saturated rings. The van der Waals surface area contributed by atoms with E-state index in [1.807, 2.05) is 18.2 Å². The molecule has 21 heavy (non-hydrogen) atoms. The first-order valence-corrected chi connectivity index (χ1v) is 7.54. The van der Waals surface area contributed by atoms with E-state index in [2.05, 4.69) is 30.8 Å². The lowest BCUT2D eigenvalue weighted by Crippen LogP contribution is -2.39. The van der Waals surface area contributed by atoms with Crippen molar-refractivity contribution in [2.45, 2.75) is 19.4 Å². The first kappa shape index (κ1) is 17.8. The van der Waals surface area contributed by atoms with E-state index in [1.54, 1.807) is 6.07 Å². The van der Waals surface area contributed by atoms with Crippen LogP contribution in [0.3, 0.4) is 0 Å². The van der Waals surface area contributed by atoms with Crippen LogP contribution in [0, 0.1) is 0 Å². The summed E-state index contributed by atoms with van der Waals surface area (Å²) in [6.07, 6.45) is 0.580. The van der Waals surface area contributed by atoms with E-state index in [4.69, 9.17) is 10.5 Å². The quantitative estimate of drug-likeness (QED) is 0.637. The number of aliphatic hydroxyl groups excluding tert-OH is 1. The predicted molar refractivity (Wildman–Crippen MR) is 87.6 cm³/mol. The van der Waals surface area contributed by atoms with Crippen molar-refractivity contribution in [3.63, 3.8) is 0 Å². The Balaban J connectivity index is 2.36. The lowest BCUT2D eigenvalue weighted by atomic mass is 10.3. The number of nitrogen functional groups attached to an aromatic ring is 1. The lowest BCUT2D eigenvalue weighted by Gasteiger charge is -2.26. The van der Waals surface area contributed by atoms with Gasteiger partial charge in [-0.25, -0.2) is 0 Å². The number of nitrogens with two attached hydrogens (primary N) is 1. The second-order valence-electron chi connectivity index (χ2n) is 5.64. The third-order valence-corrected chi connectivity index (χ3v) is 3.17. The van der Waals surface area contributed by atoms with Crippen molar-refractivity contribution < 1.29 is 9.84 Å². The highest BCUT2D eigenvalue weighted by molar-refractivity contribution is 5.43. The Bertz CT molecular complexity index is 399. The van der Waals surface area contributed by atoms with Gasteiger partial charge in [0.25, 0.3) is 0 Å². The Morgan fingerprint density at radius 2 is 2.00 bits per heavy atom. The molecule has 0 spiro atoms. The number of anilines is 1. The van der Waals surface area contributed by atoms with Crippen LogP contribution in [-0.2, 0) is 0 Å². The van der Waals surface area contributed by atoms with Crippen LogP contribution in [0.2, 0.25) is 0 Å². The summed E-state index contributed by atoms with van der Waals surface area (Å²) < 4.78 is 5.59. The van der Waals surface area contributed by atoms with Crippen LogP contribution in [0.1, 0.15) is 13.3 Å². The number of benzene rings is 1. The van der Waals surface area contributed by atoms with Crippen LogP contribution in [0.15, 0.2) is 24.3 Å². The van der Waals surface area contributed by atoms with Crippen LogP contribution in [0.25, 0.3) is 0 Å². The number of likely N-dealkylation sites (N-methyl/N-ethyl adjacent to an activating group) is 1. The van der Waals surface area contributed by atoms with Crippen molar-refractivity contribution in [1.29, 1.82) is 0 Å². The summed E-state index contributed by atoms with van der Waals surface area (Å²) in [6.45, 7) is 6.00. The Labute approximate surface area is 128 Å². The molecular weight excluding hydrogens is 266 g/mol. The minimum Gasteiger partial charge on any atom is -0.491 e. The van der Waals surface area contributed by atoms with Crippen LogP contribution in [0.5, 0.6) is 5.75 Å². The van der Waals surface area contributed by atoms with E-state index >= 15 is 0 Å². The minimum atomic E-state index is -0.500. The highest BCUT2D eigenvalue weighted by atomic mass is 16.5. The predicted octanol–water partition coefficient (Wildman–Crippen LogP) is 1.28. The molecule has 1 atom stereocenters. The molecule has 0 radical (unpaired) electrons. The van der Waals surface area contributed by atoms with Gasteiger partial charge in [-0.1, -0.05) is 13.0 Å². The minimum absolute atomic E-state index is 0.283. The summed E-state index contributed by atoms with van der Waals surface area (Å²) in [5.74, 6) is 0.699. The van der Waals surface area contributed by atoms with Crippen LogP contribution < -0.4 is 10.5 Å². The van der Waals surface area contributed by atoms with E-state index in [9.17, 15) is 5.11 Å². The summed E-state index contributed by atoms with van der Waals surface area (Å²) in [6, 6.07) is 7.27. The fourth-order valence-corrected chi connectivity index (χ4v) is 2.10. The Kier molecular flexibility index (Phi) is 8.12. The molecule has 120 valence electrons. The van der Waals surface area contributed by atoms with Crippen molar-refractivity contribution >= 4 is 5.69 Å². The summed E-state index contributed by atoms with van der Waals surface area (Å²) >= 11 is 0. The SMILES string of the molecule is CCCN(CCN(C)C)CC(O)COc1cccc(N)c1. The zero-order valence-corrected chi connectivity index (χ0v) is 13.5. The number of rotatable bonds is 10. The molecule has 1 aromatic carbocycles. The first-order chi connectivity index (χ1) is 10.0. The average molecular weight is 295 g/mol. The maximum Gasteiger partial charge on any atom is 0.121 e. The standard InChI is InChI=1S/C16H29N3O2/c1-4-8-19(10-9-18(2)3)12-15(20)13-21-16-7-5-6-14(17)11-16/h5-7,11,15,20H,4,8-10,12-13,17H2,1-3H3. The number of aliphatic hydroxyl groups is 1. The largest absolute Gasteiger partial charge is 0.491 e. The fourth-order valence-electron chi connectivity index (χ4n) is 2.10. The number of hydrogen-bond donors (Lipinski definition) is 2. The molecule has 1 aromatic rings. The Morgan fingerprint density at radius 3 is 2.62 bits per heavy atom. The summed E-state index contributed by atoms with van der Waals surface area (Å²) in [5.41, 5.74) is 6.36. The summed E-state index contributed by atoms with van der Waals surface area (Å²) in [4.78, 5) is 4.42. The van der Waals surface area contributed by atoms with E-state index < -0.39 is 6.10 Å². The second-order valence-corrected chi connectivity index (χ2v) is 5.64. The lowest BCUT2D eigenvalue weighted by molar-refractivity contribution is 0.0660. The van der Waals surface area contributed by atoms with Gasteiger partial charge in [0.1, 0.15) is 18.5 Å². The molecule has 0 heterocycles. The molecule has 0 amide bonds. The summed E-state index contributed by atoms with van der Waals surface area (Å²) in [5, 5.41) is 10.1. The van der Waals surface area contributed by atoms with Gasteiger partial charge in [-0.3, -0.25) is 4.90 Å². The summed E-state index contributed by atoms with van der Waals surface area (Å²) in [7, 11) is 4.12. The molecule has 0 saturated carbocycles. The van der Waals surface area contributed by atoms with Gasteiger partial charge in [-0.05, 0) is 39.2 Å². The molecule has 3 N–H and O–H groups in total. The molecule has 0 aliphatic rings. The monoisotopic (exact) mass is 295 g/mol. The number of nitrogens with zero attached hydrogens (tertiary/aromatic N) is 2. The van der Waals surface area contributed by atoms with Gasteiger partial charge < -0.3 is 20.5 Å². The van der Waals surface area contributed by atoms with Gasteiger partial charge in [0.2, 0.25) is 0 Å². The molecule has 0 aliphatic carbocycles. The smallest absolute Gasteiger partial charge is 0.121 e. The zero-order valence-electron chi connectivity index (χ0n) is 13.5. The molecule has 1 unspecified atom stereocenters. The van der Waals surface area contributed by atoms with Gasteiger partial charge in [0.15, 0.2) is 0 Å². The van der Waals surface area contributed by atoms with Crippen molar-refractivity contribution in [2.24, 2.45) is 0 Å². The van der Waals surface area contributed by atoms with Crippen LogP contribution >= 0.6 is 0 Å². The van der Waals surface area contributed by atoms with Gasteiger partial charge in [-0.15, -0.1) is 0 Å². The zero-order chi connectivity index (χ0) is 15.7. The molecule has 1 rings (SSSR count). The first-order valence-electron chi connectivity index (χ1n) is 7.54. The van der Waals surface area contributed by atoms with Gasteiger partial charge in [-0.2, -0.15) is 0 Å². The molecule has 0 bridgehead atoms. The Morgan fingerprint density at radius 1 is 1.24 bits per heavy atom. The van der Waals surface area contributed by atoms with E-state index in [-0.39, 0.29) is 6.61 Å². The van der Waals surface area contributed by atoms with Crippen molar-refractivity contribution in [3.8, 4) is 5.75 Å². The molecule has 5 nitrogen and oxygen atoms in total. The average Bonchev–Trinajstić information content (AvgIpc) is 2.43. The van der Waals surface area contributed by atoms with E-state index in [1.165, 1.54) is 0 Å². The van der Waals surface area contributed by atoms with Crippen LogP contribution in [0.4, 0.5) is 5.69 Å². The van der Waals surface area contributed by atoms with E-state index in [0.29, 0.717) is 18.0 Å². The van der Waals surface area contributed by atoms with Crippen molar-refractivity contribution in [2.75, 3.05) is 52.6 Å². The third-order valence-electron chi connectivity index (χ3n) is 3.17. The van der Waals surface area contributed by atoms with Gasteiger partial charge in [0, 0.05) is 31.4 Å². The van der Waals surface area contributed by atoms with Crippen molar-refractivity contribution in [3.05, 3.63) is 24.3 Å². The maximum absolute atomic E-state index is 10.1. The highest BCUT2D eigenvalue weighted by Crippen LogP contribution is 2.14. The number of ether oxygens (including phenoxy) is 1. The topological polar surface area (TPSA) is 62.0 Å². The molecule has 5 heteroatoms. The molecule has 0 saturated heterocycles. The van der Waals surface area contributed by atoms with E-state index in [0.717, 1.165) is 26.1 Å².